The van der Waals surface area contributed by atoms with Crippen LogP contribution in [0.15, 0.2) is 0 Å². The minimum atomic E-state index is -1.24. The number of hydrogen-bond donors (Lipinski definition) is 2. The Morgan fingerprint density at radius 3 is 2.28 bits per heavy atom. The van der Waals surface area contributed by atoms with E-state index >= 15 is 0 Å². The smallest absolute Gasteiger partial charge is 0.323 e. The van der Waals surface area contributed by atoms with Gasteiger partial charge in [0, 0.05) is 6.54 Å². The number of ether oxygens (including phenoxy) is 1. The van der Waals surface area contributed by atoms with Crippen molar-refractivity contribution < 1.29 is 29.3 Å². The van der Waals surface area contributed by atoms with Crippen molar-refractivity contribution in [1.29, 1.82) is 0 Å². The third kappa shape index (κ3) is 3.88. The van der Waals surface area contributed by atoms with Gasteiger partial charge in [-0.15, -0.1) is 0 Å². The lowest BCUT2D eigenvalue weighted by atomic mass is 10.2. The summed E-state index contributed by atoms with van der Waals surface area (Å²) in [6.45, 7) is 1.56. The average molecular weight is 260 g/mol. The van der Waals surface area contributed by atoms with Crippen LogP contribution in [0.4, 0.5) is 4.79 Å². The van der Waals surface area contributed by atoms with E-state index in [1.807, 2.05) is 0 Å². The van der Waals surface area contributed by atoms with Crippen LogP contribution in [0, 0.1) is 0 Å². The highest BCUT2D eigenvalue weighted by Gasteiger charge is 2.29. The maximum Gasteiger partial charge on any atom is 0.323 e. The third-order valence-corrected chi connectivity index (χ3v) is 2.54. The first kappa shape index (κ1) is 14.2. The molecule has 1 atom stereocenters. The molecule has 18 heavy (non-hydrogen) atoms. The summed E-state index contributed by atoms with van der Waals surface area (Å²) in [7, 11) is 0. The van der Waals surface area contributed by atoms with Gasteiger partial charge in [-0.1, -0.05) is 0 Å². The molecule has 1 aliphatic rings. The molecule has 0 aliphatic carbocycles. The summed E-state index contributed by atoms with van der Waals surface area (Å²) in [5.41, 5.74) is 0. The topological polar surface area (TPSA) is 107 Å². The molecule has 0 aromatic rings. The van der Waals surface area contributed by atoms with Gasteiger partial charge in [-0.3, -0.25) is 9.59 Å². The van der Waals surface area contributed by atoms with E-state index in [0.29, 0.717) is 19.8 Å². The quantitative estimate of drug-likeness (QED) is 0.692. The summed E-state index contributed by atoms with van der Waals surface area (Å²) in [4.78, 5) is 35.5. The van der Waals surface area contributed by atoms with Gasteiger partial charge in [-0.25, -0.2) is 4.79 Å². The van der Waals surface area contributed by atoms with Gasteiger partial charge in [0.25, 0.3) is 0 Å². The number of amides is 2. The number of carboxylic acid groups (broad SMARTS) is 2. The molecule has 0 bridgehead atoms. The van der Waals surface area contributed by atoms with Gasteiger partial charge < -0.3 is 24.7 Å². The van der Waals surface area contributed by atoms with E-state index in [2.05, 4.69) is 0 Å². The van der Waals surface area contributed by atoms with Gasteiger partial charge in [0.2, 0.25) is 0 Å². The van der Waals surface area contributed by atoms with Crippen LogP contribution in [0.25, 0.3) is 0 Å². The summed E-state index contributed by atoms with van der Waals surface area (Å²) in [6, 6.07) is -0.785. The molecule has 2 amide bonds. The van der Waals surface area contributed by atoms with Gasteiger partial charge in [0.15, 0.2) is 0 Å². The van der Waals surface area contributed by atoms with Crippen LogP contribution in [0.5, 0.6) is 0 Å². The summed E-state index contributed by atoms with van der Waals surface area (Å²) in [5, 5.41) is 17.4. The molecule has 1 fully saturated rings. The molecule has 2 N–H and O–H groups in total. The summed E-state index contributed by atoms with van der Waals surface area (Å²) < 4.78 is 5.16. The molecule has 0 aromatic heterocycles. The lowest BCUT2D eigenvalue weighted by Gasteiger charge is -2.36. The first-order valence-corrected chi connectivity index (χ1v) is 5.48. The summed E-state index contributed by atoms with van der Waals surface area (Å²) in [6.07, 6.45) is 0. The molecule has 1 heterocycles. The number of hydrogen-bond acceptors (Lipinski definition) is 4. The number of carboxylic acids is 2. The van der Waals surface area contributed by atoms with Gasteiger partial charge >= 0.3 is 18.0 Å². The standard InChI is InChI=1S/C10H16N2O6/c1-7-6-18-3-2-12(7)10(17)11(4-8(13)14)5-9(15)16/h7H,2-6H2,1H3,(H,13,14)(H,15,16). The predicted octanol–water partition coefficient (Wildman–Crippen LogP) is -0.702. The SMILES string of the molecule is CC1COCCN1C(=O)N(CC(=O)O)CC(=O)O. The molecule has 1 aliphatic heterocycles. The lowest BCUT2D eigenvalue weighted by Crippen LogP contribution is -2.54. The highest BCUT2D eigenvalue weighted by Crippen LogP contribution is 2.09. The molecule has 8 nitrogen and oxygen atoms in total. The van der Waals surface area contributed by atoms with E-state index in [0.717, 1.165) is 4.90 Å². The van der Waals surface area contributed by atoms with Crippen molar-refractivity contribution in [2.75, 3.05) is 32.8 Å². The van der Waals surface area contributed by atoms with Gasteiger partial charge in [0.1, 0.15) is 13.1 Å². The molecule has 0 radical (unpaired) electrons. The Morgan fingerprint density at radius 1 is 1.28 bits per heavy atom. The first-order chi connectivity index (χ1) is 8.41. The van der Waals surface area contributed by atoms with E-state index in [4.69, 9.17) is 14.9 Å². The van der Waals surface area contributed by atoms with Crippen molar-refractivity contribution in [3.05, 3.63) is 0 Å². The number of morpholine rings is 1. The number of carbonyl (C=O) groups excluding carboxylic acids is 1. The van der Waals surface area contributed by atoms with Crippen molar-refractivity contribution in [3.8, 4) is 0 Å². The number of aliphatic carboxylic acids is 2. The van der Waals surface area contributed by atoms with E-state index in [1.54, 1.807) is 6.92 Å². The van der Waals surface area contributed by atoms with E-state index < -0.39 is 31.1 Å². The Labute approximate surface area is 104 Å². The van der Waals surface area contributed by atoms with Gasteiger partial charge in [-0.05, 0) is 6.92 Å². The molecule has 0 saturated carbocycles. The maximum atomic E-state index is 12.0. The number of nitrogens with zero attached hydrogens (tertiary/aromatic N) is 2. The van der Waals surface area contributed by atoms with Crippen LogP contribution in [0.1, 0.15) is 6.92 Å². The minimum absolute atomic E-state index is 0.198. The minimum Gasteiger partial charge on any atom is -0.480 e. The fraction of sp³-hybridized carbons (Fsp3) is 0.700. The normalized spacial score (nSPS) is 19.4. The second-order valence-electron chi connectivity index (χ2n) is 4.04. The zero-order chi connectivity index (χ0) is 13.7. The van der Waals surface area contributed by atoms with E-state index in [-0.39, 0.29) is 6.04 Å². The average Bonchev–Trinajstić information content (AvgIpc) is 2.26. The Bertz CT molecular complexity index is 329. The molecular weight excluding hydrogens is 244 g/mol. The number of carbonyl (C=O) groups is 3. The van der Waals surface area contributed by atoms with Crippen LogP contribution < -0.4 is 0 Å². The van der Waals surface area contributed by atoms with Crippen LogP contribution in [-0.2, 0) is 14.3 Å². The Hall–Kier alpha value is -1.83. The fourth-order valence-corrected chi connectivity index (χ4v) is 1.71. The maximum absolute atomic E-state index is 12.0. The Morgan fingerprint density at radius 2 is 1.83 bits per heavy atom. The van der Waals surface area contributed by atoms with Crippen molar-refractivity contribution in [3.63, 3.8) is 0 Å². The number of rotatable bonds is 4. The monoisotopic (exact) mass is 260 g/mol. The zero-order valence-corrected chi connectivity index (χ0v) is 10.0. The second kappa shape index (κ2) is 6.20. The highest BCUT2D eigenvalue weighted by molar-refractivity contribution is 5.84. The molecule has 1 rings (SSSR count). The highest BCUT2D eigenvalue weighted by atomic mass is 16.5. The summed E-state index contributed by atoms with van der Waals surface area (Å²) >= 11 is 0. The molecule has 0 aromatic carbocycles. The van der Waals surface area contributed by atoms with Crippen molar-refractivity contribution in [2.24, 2.45) is 0 Å². The first-order valence-electron chi connectivity index (χ1n) is 5.48. The summed E-state index contributed by atoms with van der Waals surface area (Å²) in [5.74, 6) is -2.49. The molecule has 8 heteroatoms. The Balaban J connectivity index is 2.73. The van der Waals surface area contributed by atoms with Crippen LogP contribution >= 0.6 is 0 Å². The Kier molecular flexibility index (Phi) is 4.90. The lowest BCUT2D eigenvalue weighted by molar-refractivity contribution is -0.141. The fourth-order valence-electron chi connectivity index (χ4n) is 1.71. The molecule has 1 saturated heterocycles. The van der Waals surface area contributed by atoms with Crippen molar-refractivity contribution in [1.82, 2.24) is 9.80 Å². The molecule has 1 unspecified atom stereocenters. The largest absolute Gasteiger partial charge is 0.480 e. The van der Waals surface area contributed by atoms with Crippen LogP contribution in [0.2, 0.25) is 0 Å². The van der Waals surface area contributed by atoms with E-state index in [1.165, 1.54) is 4.90 Å². The van der Waals surface area contributed by atoms with E-state index in [9.17, 15) is 14.4 Å². The van der Waals surface area contributed by atoms with Gasteiger partial charge in [-0.2, -0.15) is 0 Å². The second-order valence-corrected chi connectivity index (χ2v) is 4.04. The van der Waals surface area contributed by atoms with Crippen LogP contribution in [0.3, 0.4) is 0 Å². The molecule has 0 spiro atoms. The predicted molar refractivity (Wildman–Crippen MR) is 59.2 cm³/mol. The molecule has 102 valence electrons. The van der Waals surface area contributed by atoms with Crippen molar-refractivity contribution >= 4 is 18.0 Å². The van der Waals surface area contributed by atoms with Crippen LogP contribution in [-0.4, -0.2) is 76.9 Å². The van der Waals surface area contributed by atoms with Crippen molar-refractivity contribution in [2.45, 2.75) is 13.0 Å². The zero-order valence-electron chi connectivity index (χ0n) is 10.0. The number of urea groups is 1. The molecular formula is C10H16N2O6. The third-order valence-electron chi connectivity index (χ3n) is 2.54. The van der Waals surface area contributed by atoms with Gasteiger partial charge in [0.05, 0.1) is 19.3 Å².